The van der Waals surface area contributed by atoms with Crippen molar-refractivity contribution in [2.24, 2.45) is 0 Å². The molecule has 0 spiro atoms. The third kappa shape index (κ3) is 2.80. The molecule has 2 heteroatoms. The largest absolute Gasteiger partial charge is 0.304 e. The van der Waals surface area contributed by atoms with Crippen LogP contribution in [-0.4, -0.2) is 24.5 Å². The summed E-state index contributed by atoms with van der Waals surface area (Å²) < 4.78 is 0. The van der Waals surface area contributed by atoms with Crippen LogP contribution in [0.1, 0.15) is 26.2 Å². The van der Waals surface area contributed by atoms with Crippen LogP contribution in [0, 0.1) is 0 Å². The maximum atomic E-state index is 2.52. The fraction of sp³-hybridized carbons (Fsp3) is 1.00. The van der Waals surface area contributed by atoms with E-state index in [-0.39, 0.29) is 4.70 Å². The molecule has 0 N–H and O–H groups in total. The summed E-state index contributed by atoms with van der Waals surface area (Å²) in [4.78, 5) is 2.52. The summed E-state index contributed by atoms with van der Waals surface area (Å²) in [6.07, 6.45) is 4.30. The van der Waals surface area contributed by atoms with Crippen molar-refractivity contribution >= 4 is 0 Å². The van der Waals surface area contributed by atoms with Crippen LogP contribution in [0.25, 0.3) is 0 Å². The summed E-state index contributed by atoms with van der Waals surface area (Å²) >= 11 is 0. The molecule has 0 aromatic heterocycles. The molecule has 0 amide bonds. The van der Waals surface area contributed by atoms with Crippen LogP contribution in [0.4, 0.5) is 4.70 Å². The highest BCUT2D eigenvalue weighted by Crippen LogP contribution is 2.06. The van der Waals surface area contributed by atoms with Gasteiger partial charge < -0.3 is 4.90 Å². The van der Waals surface area contributed by atoms with Crippen LogP contribution < -0.4 is 0 Å². The van der Waals surface area contributed by atoms with E-state index in [0.29, 0.717) is 0 Å². The van der Waals surface area contributed by atoms with Crippen LogP contribution >= 0.6 is 0 Å². The number of piperidine rings is 1. The second-order valence-corrected chi connectivity index (χ2v) is 2.49. The number of hydrogen-bond donors (Lipinski definition) is 0. The third-order valence-electron chi connectivity index (χ3n) is 1.90. The lowest BCUT2D eigenvalue weighted by Crippen LogP contribution is -2.29. The Morgan fingerprint density at radius 3 is 2.00 bits per heavy atom. The molecule has 1 saturated heterocycles. The molecule has 1 fully saturated rings. The summed E-state index contributed by atoms with van der Waals surface area (Å²) in [6, 6.07) is 0. The fourth-order valence-electron chi connectivity index (χ4n) is 1.28. The summed E-state index contributed by atoms with van der Waals surface area (Å²) in [7, 11) is 0. The first-order valence-corrected chi connectivity index (χ1v) is 3.66. The zero-order chi connectivity index (χ0) is 5.82. The minimum Gasteiger partial charge on any atom is -0.304 e. The molecule has 0 aliphatic carbocycles. The third-order valence-corrected chi connectivity index (χ3v) is 1.90. The van der Waals surface area contributed by atoms with E-state index >= 15 is 0 Å². The van der Waals surface area contributed by atoms with Gasteiger partial charge in [0, 0.05) is 0 Å². The van der Waals surface area contributed by atoms with Gasteiger partial charge in [0.1, 0.15) is 0 Å². The van der Waals surface area contributed by atoms with Gasteiger partial charge in [-0.15, -0.1) is 0 Å². The Balaban J connectivity index is 0.000000640. The van der Waals surface area contributed by atoms with E-state index in [2.05, 4.69) is 11.8 Å². The zero-order valence-electron chi connectivity index (χ0n) is 6.10. The Morgan fingerprint density at radius 2 is 1.67 bits per heavy atom. The minimum absolute atomic E-state index is 0. The molecule has 0 saturated carbocycles. The monoisotopic (exact) mass is 133 g/mol. The van der Waals surface area contributed by atoms with Gasteiger partial charge in [0.2, 0.25) is 0 Å². The molecule has 1 aliphatic rings. The van der Waals surface area contributed by atoms with E-state index in [1.165, 1.54) is 38.9 Å². The molecule has 1 aliphatic heterocycles. The van der Waals surface area contributed by atoms with Crippen molar-refractivity contribution in [1.82, 2.24) is 4.90 Å². The maximum Gasteiger partial charge on any atom is -0.00188 e. The Kier molecular flexibility index (Phi) is 4.68. The van der Waals surface area contributed by atoms with Crippen molar-refractivity contribution in [3.8, 4) is 0 Å². The molecular formula is C7H16FN. The summed E-state index contributed by atoms with van der Waals surface area (Å²) in [5.74, 6) is 0. The molecule has 0 aromatic carbocycles. The topological polar surface area (TPSA) is 3.24 Å². The Bertz CT molecular complexity index is 59.9. The Hall–Kier alpha value is -0.110. The van der Waals surface area contributed by atoms with Crippen molar-refractivity contribution < 1.29 is 4.70 Å². The van der Waals surface area contributed by atoms with E-state index in [0.717, 1.165) is 0 Å². The predicted molar refractivity (Wildman–Crippen MR) is 38.5 cm³/mol. The summed E-state index contributed by atoms with van der Waals surface area (Å²) in [5, 5.41) is 0. The van der Waals surface area contributed by atoms with E-state index in [4.69, 9.17) is 0 Å². The van der Waals surface area contributed by atoms with Gasteiger partial charge in [-0.25, -0.2) is 0 Å². The summed E-state index contributed by atoms with van der Waals surface area (Å²) in [5.41, 5.74) is 0. The average Bonchev–Trinajstić information content (AvgIpc) is 1.90. The van der Waals surface area contributed by atoms with Gasteiger partial charge in [-0.3, -0.25) is 4.70 Å². The van der Waals surface area contributed by atoms with Gasteiger partial charge in [-0.05, 0) is 32.5 Å². The molecule has 0 bridgehead atoms. The highest BCUT2D eigenvalue weighted by Gasteiger charge is 2.05. The lowest BCUT2D eigenvalue weighted by molar-refractivity contribution is 0.240. The highest BCUT2D eigenvalue weighted by molar-refractivity contribution is 4.61. The second-order valence-electron chi connectivity index (χ2n) is 2.49. The van der Waals surface area contributed by atoms with Crippen LogP contribution in [-0.2, 0) is 0 Å². The summed E-state index contributed by atoms with van der Waals surface area (Å²) in [6.45, 7) is 6.18. The van der Waals surface area contributed by atoms with Gasteiger partial charge in [0.05, 0.1) is 0 Å². The fourth-order valence-corrected chi connectivity index (χ4v) is 1.28. The number of nitrogens with zero attached hydrogens (tertiary/aromatic N) is 1. The number of hydrogen-bond acceptors (Lipinski definition) is 1. The van der Waals surface area contributed by atoms with Gasteiger partial charge in [-0.1, -0.05) is 13.3 Å². The second kappa shape index (κ2) is 4.74. The van der Waals surface area contributed by atoms with Crippen LogP contribution in [0.5, 0.6) is 0 Å². The van der Waals surface area contributed by atoms with E-state index < -0.39 is 0 Å². The normalized spacial score (nSPS) is 21.0. The lowest BCUT2D eigenvalue weighted by atomic mass is 10.1. The Morgan fingerprint density at radius 1 is 1.11 bits per heavy atom. The van der Waals surface area contributed by atoms with Crippen molar-refractivity contribution in [3.05, 3.63) is 0 Å². The van der Waals surface area contributed by atoms with E-state index in [9.17, 15) is 0 Å². The van der Waals surface area contributed by atoms with Crippen molar-refractivity contribution in [1.29, 1.82) is 0 Å². The van der Waals surface area contributed by atoms with Gasteiger partial charge in [0.25, 0.3) is 0 Å². The standard InChI is InChI=1S/C7H15N.FH/c1-2-8-6-4-3-5-7-8;/h2-7H2,1H3;1H. The van der Waals surface area contributed by atoms with Gasteiger partial charge >= 0.3 is 0 Å². The number of rotatable bonds is 1. The van der Waals surface area contributed by atoms with Gasteiger partial charge in [-0.2, -0.15) is 0 Å². The zero-order valence-corrected chi connectivity index (χ0v) is 6.10. The molecule has 1 nitrogen and oxygen atoms in total. The maximum absolute atomic E-state index is 2.52. The van der Waals surface area contributed by atoms with Crippen LogP contribution in [0.2, 0.25) is 0 Å². The van der Waals surface area contributed by atoms with Crippen molar-refractivity contribution in [3.63, 3.8) is 0 Å². The van der Waals surface area contributed by atoms with Crippen LogP contribution in [0.3, 0.4) is 0 Å². The lowest BCUT2D eigenvalue weighted by Gasteiger charge is -2.24. The van der Waals surface area contributed by atoms with Gasteiger partial charge in [0.15, 0.2) is 0 Å². The molecule has 56 valence electrons. The first-order chi connectivity index (χ1) is 3.93. The highest BCUT2D eigenvalue weighted by atomic mass is 19.0. The quantitative estimate of drug-likeness (QED) is 0.525. The molecule has 0 unspecified atom stereocenters. The Labute approximate surface area is 56.4 Å². The molecule has 1 rings (SSSR count). The van der Waals surface area contributed by atoms with Crippen LogP contribution in [0.15, 0.2) is 0 Å². The SMILES string of the molecule is CCN1CCCCC1.F. The molecule has 1 heterocycles. The minimum atomic E-state index is 0. The smallest absolute Gasteiger partial charge is 0.00188 e. The molecule has 9 heavy (non-hydrogen) atoms. The molecule has 0 radical (unpaired) electrons. The molecule has 0 atom stereocenters. The number of halogens is 1. The van der Waals surface area contributed by atoms with Crippen molar-refractivity contribution in [2.45, 2.75) is 26.2 Å². The van der Waals surface area contributed by atoms with Crippen molar-refractivity contribution in [2.75, 3.05) is 19.6 Å². The first kappa shape index (κ1) is 8.89. The first-order valence-electron chi connectivity index (χ1n) is 3.66. The molecular weight excluding hydrogens is 117 g/mol. The predicted octanol–water partition coefficient (Wildman–Crippen LogP) is 1.64. The van der Waals surface area contributed by atoms with E-state index in [1.54, 1.807) is 0 Å². The molecule has 0 aromatic rings. The van der Waals surface area contributed by atoms with E-state index in [1.807, 2.05) is 0 Å². The number of likely N-dealkylation sites (tertiary alicyclic amines) is 1. The average molecular weight is 133 g/mol.